The maximum Gasteiger partial charge on any atom is 0.179 e. The van der Waals surface area contributed by atoms with Crippen LogP contribution in [0.2, 0.25) is 0 Å². The molecule has 4 heteroatoms. The second kappa shape index (κ2) is 4.19. The summed E-state index contributed by atoms with van der Waals surface area (Å²) in [6.07, 6.45) is 8.24. The van der Waals surface area contributed by atoms with E-state index in [1.165, 1.54) is 37.7 Å². The molecule has 3 rings (SSSR count). The molecule has 1 N–H and O–H groups in total. The first-order valence-electron chi connectivity index (χ1n) is 6.68. The monoisotopic (exact) mass is 261 g/mol. The molecule has 0 atom stereocenters. The standard InChI is InChI=1S/C14H19N3S/c1-10-8-11-12(15-9-10)17(13(18)16-11)14(2)6-4-3-5-7-14/h8-9H,3-7H2,1-2H3,(H,16,18). The van der Waals surface area contributed by atoms with E-state index < -0.39 is 0 Å². The number of nitrogens with zero attached hydrogens (tertiary/aromatic N) is 2. The average molecular weight is 261 g/mol. The van der Waals surface area contributed by atoms with Crippen molar-refractivity contribution in [1.82, 2.24) is 14.5 Å². The SMILES string of the molecule is Cc1cnc2c(c1)[nH]c(=S)n2C1(C)CCCCC1. The van der Waals surface area contributed by atoms with E-state index in [0.29, 0.717) is 0 Å². The Kier molecular flexibility index (Phi) is 2.77. The van der Waals surface area contributed by atoms with Crippen LogP contribution in [0.4, 0.5) is 0 Å². The molecule has 2 heterocycles. The van der Waals surface area contributed by atoms with E-state index in [0.717, 1.165) is 15.9 Å². The van der Waals surface area contributed by atoms with Crippen LogP contribution >= 0.6 is 12.2 Å². The molecule has 0 bridgehead atoms. The average Bonchev–Trinajstić information content (AvgIpc) is 2.65. The highest BCUT2D eigenvalue weighted by Crippen LogP contribution is 2.36. The minimum Gasteiger partial charge on any atom is -0.329 e. The number of aryl methyl sites for hydroxylation is 1. The molecule has 0 aromatic carbocycles. The van der Waals surface area contributed by atoms with Gasteiger partial charge < -0.3 is 4.98 Å². The Bertz CT molecular complexity index is 632. The van der Waals surface area contributed by atoms with Gasteiger partial charge in [0, 0.05) is 11.7 Å². The van der Waals surface area contributed by atoms with Gasteiger partial charge in [0.05, 0.1) is 5.52 Å². The lowest BCUT2D eigenvalue weighted by molar-refractivity contribution is 0.221. The van der Waals surface area contributed by atoms with Crippen LogP contribution in [0.15, 0.2) is 12.3 Å². The van der Waals surface area contributed by atoms with E-state index in [2.05, 4.69) is 34.4 Å². The third kappa shape index (κ3) is 1.79. The lowest BCUT2D eigenvalue weighted by Crippen LogP contribution is -2.32. The third-order valence-electron chi connectivity index (χ3n) is 4.13. The molecule has 0 radical (unpaired) electrons. The van der Waals surface area contributed by atoms with E-state index in [4.69, 9.17) is 12.2 Å². The summed E-state index contributed by atoms with van der Waals surface area (Å²) in [6.45, 7) is 4.37. The number of nitrogens with one attached hydrogen (secondary N) is 1. The van der Waals surface area contributed by atoms with Crippen molar-refractivity contribution in [3.63, 3.8) is 0 Å². The summed E-state index contributed by atoms with van der Waals surface area (Å²) >= 11 is 5.52. The predicted molar refractivity (Wildman–Crippen MR) is 76.4 cm³/mol. The molecular weight excluding hydrogens is 242 g/mol. The Morgan fingerprint density at radius 2 is 2.06 bits per heavy atom. The number of aromatic nitrogens is 3. The Balaban J connectivity index is 2.22. The molecule has 96 valence electrons. The fourth-order valence-electron chi connectivity index (χ4n) is 3.14. The number of aromatic amines is 1. The van der Waals surface area contributed by atoms with Gasteiger partial charge in [0.15, 0.2) is 10.4 Å². The van der Waals surface area contributed by atoms with Crippen molar-refractivity contribution in [3.8, 4) is 0 Å². The highest BCUT2D eigenvalue weighted by atomic mass is 32.1. The molecule has 1 aliphatic carbocycles. The van der Waals surface area contributed by atoms with Crippen molar-refractivity contribution in [2.24, 2.45) is 0 Å². The van der Waals surface area contributed by atoms with Gasteiger partial charge in [-0.05, 0) is 50.5 Å². The molecule has 2 aromatic rings. The number of hydrogen-bond donors (Lipinski definition) is 1. The second-order valence-electron chi connectivity index (χ2n) is 5.71. The quantitative estimate of drug-likeness (QED) is 0.785. The van der Waals surface area contributed by atoms with Crippen molar-refractivity contribution in [1.29, 1.82) is 0 Å². The van der Waals surface area contributed by atoms with Gasteiger partial charge in [-0.25, -0.2) is 4.98 Å². The van der Waals surface area contributed by atoms with Crippen LogP contribution in [0.5, 0.6) is 0 Å². The van der Waals surface area contributed by atoms with Crippen LogP contribution in [0, 0.1) is 11.7 Å². The Morgan fingerprint density at radius 3 is 2.78 bits per heavy atom. The van der Waals surface area contributed by atoms with Crippen LogP contribution in [0.3, 0.4) is 0 Å². The summed E-state index contributed by atoms with van der Waals surface area (Å²) in [5.41, 5.74) is 3.37. The van der Waals surface area contributed by atoms with E-state index in [1.807, 2.05) is 6.20 Å². The van der Waals surface area contributed by atoms with Crippen molar-refractivity contribution >= 4 is 23.4 Å². The minimum atomic E-state index is 0.135. The van der Waals surface area contributed by atoms with Crippen LogP contribution in [0.25, 0.3) is 11.2 Å². The summed E-state index contributed by atoms with van der Waals surface area (Å²) < 4.78 is 3.06. The molecule has 0 aliphatic heterocycles. The van der Waals surface area contributed by atoms with Gasteiger partial charge in [0.2, 0.25) is 0 Å². The van der Waals surface area contributed by atoms with Gasteiger partial charge in [0.25, 0.3) is 0 Å². The molecule has 0 unspecified atom stereocenters. The van der Waals surface area contributed by atoms with Crippen LogP contribution in [-0.2, 0) is 5.54 Å². The topological polar surface area (TPSA) is 33.6 Å². The number of rotatable bonds is 1. The predicted octanol–water partition coefficient (Wildman–Crippen LogP) is 4.08. The molecule has 1 saturated carbocycles. The van der Waals surface area contributed by atoms with E-state index >= 15 is 0 Å². The molecule has 0 amide bonds. The maximum atomic E-state index is 5.52. The number of fused-ring (bicyclic) bond motifs is 1. The molecule has 3 nitrogen and oxygen atoms in total. The van der Waals surface area contributed by atoms with Crippen molar-refractivity contribution < 1.29 is 0 Å². The zero-order valence-electron chi connectivity index (χ0n) is 11.0. The zero-order chi connectivity index (χ0) is 12.8. The summed E-state index contributed by atoms with van der Waals surface area (Å²) in [5, 5.41) is 0. The van der Waals surface area contributed by atoms with Crippen molar-refractivity contribution in [2.75, 3.05) is 0 Å². The van der Waals surface area contributed by atoms with E-state index in [1.54, 1.807) is 0 Å². The number of imidazole rings is 1. The number of H-pyrrole nitrogens is 1. The van der Waals surface area contributed by atoms with Gasteiger partial charge in [-0.1, -0.05) is 19.3 Å². The summed E-state index contributed by atoms with van der Waals surface area (Å²) in [5.74, 6) is 0. The first kappa shape index (κ1) is 11.9. The summed E-state index contributed by atoms with van der Waals surface area (Å²) in [4.78, 5) is 7.89. The van der Waals surface area contributed by atoms with Gasteiger partial charge in [0.1, 0.15) is 0 Å². The van der Waals surface area contributed by atoms with Crippen LogP contribution in [-0.4, -0.2) is 14.5 Å². The highest BCUT2D eigenvalue weighted by molar-refractivity contribution is 7.71. The summed E-state index contributed by atoms with van der Waals surface area (Å²) in [7, 11) is 0. The third-order valence-corrected chi connectivity index (χ3v) is 4.42. The Hall–Kier alpha value is -1.16. The van der Waals surface area contributed by atoms with Crippen molar-refractivity contribution in [2.45, 2.75) is 51.5 Å². The molecular formula is C14H19N3S. The lowest BCUT2D eigenvalue weighted by Gasteiger charge is -2.35. The summed E-state index contributed by atoms with van der Waals surface area (Å²) in [6, 6.07) is 2.13. The van der Waals surface area contributed by atoms with Crippen LogP contribution < -0.4 is 0 Å². The molecule has 1 fully saturated rings. The Morgan fingerprint density at radius 1 is 1.33 bits per heavy atom. The maximum absolute atomic E-state index is 5.52. The first-order valence-corrected chi connectivity index (χ1v) is 7.09. The van der Waals surface area contributed by atoms with E-state index in [9.17, 15) is 0 Å². The minimum absolute atomic E-state index is 0.135. The number of hydrogen-bond acceptors (Lipinski definition) is 2. The first-order chi connectivity index (χ1) is 8.60. The van der Waals surface area contributed by atoms with Crippen LogP contribution in [0.1, 0.15) is 44.6 Å². The Labute approximate surface area is 112 Å². The molecule has 0 spiro atoms. The van der Waals surface area contributed by atoms with Gasteiger partial charge in [-0.15, -0.1) is 0 Å². The second-order valence-corrected chi connectivity index (χ2v) is 6.09. The van der Waals surface area contributed by atoms with Gasteiger partial charge >= 0.3 is 0 Å². The fraction of sp³-hybridized carbons (Fsp3) is 0.571. The molecule has 1 aliphatic rings. The van der Waals surface area contributed by atoms with E-state index in [-0.39, 0.29) is 5.54 Å². The molecule has 0 saturated heterocycles. The van der Waals surface area contributed by atoms with Gasteiger partial charge in [-0.2, -0.15) is 0 Å². The zero-order valence-corrected chi connectivity index (χ0v) is 11.8. The fourth-order valence-corrected chi connectivity index (χ4v) is 3.55. The van der Waals surface area contributed by atoms with Gasteiger partial charge in [-0.3, -0.25) is 4.57 Å². The largest absolute Gasteiger partial charge is 0.329 e. The highest BCUT2D eigenvalue weighted by Gasteiger charge is 2.31. The smallest absolute Gasteiger partial charge is 0.179 e. The lowest BCUT2D eigenvalue weighted by atomic mass is 9.83. The molecule has 2 aromatic heterocycles. The number of pyridine rings is 1. The van der Waals surface area contributed by atoms with Crippen molar-refractivity contribution in [3.05, 3.63) is 22.6 Å². The molecule has 18 heavy (non-hydrogen) atoms. The normalized spacial score (nSPS) is 19.2.